The van der Waals surface area contributed by atoms with Crippen molar-refractivity contribution in [1.82, 2.24) is 9.88 Å². The van der Waals surface area contributed by atoms with Gasteiger partial charge in [0.15, 0.2) is 0 Å². The van der Waals surface area contributed by atoms with Crippen molar-refractivity contribution in [3.05, 3.63) is 65.5 Å². The van der Waals surface area contributed by atoms with Gasteiger partial charge in [0.25, 0.3) is 0 Å². The number of nitrogens with zero attached hydrogens (tertiary/aromatic N) is 2. The molecule has 3 heterocycles. The number of fused-ring (bicyclic) bond motifs is 1. The summed E-state index contributed by atoms with van der Waals surface area (Å²) in [5, 5.41) is 0. The summed E-state index contributed by atoms with van der Waals surface area (Å²) in [7, 11) is 0. The van der Waals surface area contributed by atoms with E-state index in [9.17, 15) is 4.79 Å². The molecule has 4 rings (SSSR count). The molecule has 1 amide bonds. The molecule has 2 aromatic rings. The smallest absolute Gasteiger partial charge is 0.231 e. The second kappa shape index (κ2) is 7.36. The second-order valence-corrected chi connectivity index (χ2v) is 7.35. The number of aromatic nitrogens is 1. The van der Waals surface area contributed by atoms with Crippen molar-refractivity contribution in [3.63, 3.8) is 0 Å². The molecule has 2 aliphatic heterocycles. The molecule has 1 N–H and O–H groups in total. The summed E-state index contributed by atoms with van der Waals surface area (Å²) in [5.41, 5.74) is 4.03. The number of carbonyl (C=O) groups is 1. The fourth-order valence-corrected chi connectivity index (χ4v) is 4.25. The molecule has 1 unspecified atom stereocenters. The molecule has 4 nitrogen and oxygen atoms in total. The van der Waals surface area contributed by atoms with Crippen molar-refractivity contribution in [1.29, 1.82) is 0 Å². The highest BCUT2D eigenvalue weighted by atomic mass is 16.2. The van der Waals surface area contributed by atoms with Gasteiger partial charge in [-0.3, -0.25) is 9.78 Å². The van der Waals surface area contributed by atoms with Gasteiger partial charge in [0.1, 0.15) is 6.54 Å². The maximum Gasteiger partial charge on any atom is 0.231 e. The van der Waals surface area contributed by atoms with Gasteiger partial charge in [0.05, 0.1) is 19.0 Å². The van der Waals surface area contributed by atoms with Crippen molar-refractivity contribution < 1.29 is 9.69 Å². The van der Waals surface area contributed by atoms with Crippen LogP contribution in [-0.4, -0.2) is 35.4 Å². The Bertz CT molecular complexity index is 731. The molecule has 0 radical (unpaired) electrons. The Balaban J connectivity index is 1.39. The average molecular weight is 336 g/mol. The number of likely N-dealkylation sites (tertiary alicyclic amines) is 1. The van der Waals surface area contributed by atoms with E-state index < -0.39 is 0 Å². The Kier molecular flexibility index (Phi) is 4.79. The van der Waals surface area contributed by atoms with Gasteiger partial charge in [-0.1, -0.05) is 24.3 Å². The summed E-state index contributed by atoms with van der Waals surface area (Å²) in [6, 6.07) is 12.7. The molecule has 130 valence electrons. The Morgan fingerprint density at radius 1 is 1.16 bits per heavy atom. The normalized spacial score (nSPS) is 23.1. The summed E-state index contributed by atoms with van der Waals surface area (Å²) in [4.78, 5) is 20.8. The lowest BCUT2D eigenvalue weighted by molar-refractivity contribution is -0.921. The van der Waals surface area contributed by atoms with Gasteiger partial charge in [-0.15, -0.1) is 0 Å². The van der Waals surface area contributed by atoms with Gasteiger partial charge in [0.2, 0.25) is 5.91 Å². The summed E-state index contributed by atoms with van der Waals surface area (Å²) >= 11 is 0. The van der Waals surface area contributed by atoms with Crippen LogP contribution in [-0.2, 0) is 24.3 Å². The van der Waals surface area contributed by atoms with Crippen LogP contribution in [0.3, 0.4) is 0 Å². The maximum absolute atomic E-state index is 13.1. The average Bonchev–Trinajstić information content (AvgIpc) is 2.68. The molecule has 4 heteroatoms. The van der Waals surface area contributed by atoms with Crippen LogP contribution < -0.4 is 4.90 Å². The van der Waals surface area contributed by atoms with E-state index in [-0.39, 0.29) is 5.92 Å². The highest BCUT2D eigenvalue weighted by molar-refractivity contribution is 5.79. The molecular weight excluding hydrogens is 310 g/mol. The highest BCUT2D eigenvalue weighted by Gasteiger charge is 2.32. The van der Waals surface area contributed by atoms with Gasteiger partial charge < -0.3 is 9.80 Å². The number of amides is 1. The van der Waals surface area contributed by atoms with Crippen molar-refractivity contribution in [2.45, 2.75) is 32.4 Å². The van der Waals surface area contributed by atoms with E-state index in [0.717, 1.165) is 52.0 Å². The predicted octanol–water partition coefficient (Wildman–Crippen LogP) is 1.46. The number of pyridine rings is 1. The number of piperidine rings is 1. The third kappa shape index (κ3) is 3.74. The molecule has 1 saturated heterocycles. The van der Waals surface area contributed by atoms with Crippen LogP contribution in [0.25, 0.3) is 0 Å². The Morgan fingerprint density at radius 3 is 2.80 bits per heavy atom. The van der Waals surface area contributed by atoms with E-state index in [4.69, 9.17) is 0 Å². The molecule has 0 saturated carbocycles. The Labute approximate surface area is 149 Å². The third-order valence-corrected chi connectivity index (χ3v) is 5.61. The first-order chi connectivity index (χ1) is 12.3. The van der Waals surface area contributed by atoms with Crippen molar-refractivity contribution in [3.8, 4) is 0 Å². The molecule has 0 bridgehead atoms. The van der Waals surface area contributed by atoms with Crippen LogP contribution in [0.15, 0.2) is 48.8 Å². The molecule has 2 atom stereocenters. The molecule has 2 aliphatic rings. The summed E-state index contributed by atoms with van der Waals surface area (Å²) < 4.78 is 0. The van der Waals surface area contributed by atoms with Crippen molar-refractivity contribution >= 4 is 5.91 Å². The molecule has 1 fully saturated rings. The maximum atomic E-state index is 13.1. The number of rotatable bonds is 3. The minimum atomic E-state index is 0.177. The van der Waals surface area contributed by atoms with E-state index in [2.05, 4.69) is 46.3 Å². The molecule has 0 aliphatic carbocycles. The van der Waals surface area contributed by atoms with Gasteiger partial charge in [-0.2, -0.15) is 0 Å². The lowest BCUT2D eigenvalue weighted by atomic mass is 9.93. The molecular formula is C21H26N3O+. The monoisotopic (exact) mass is 336 g/mol. The Morgan fingerprint density at radius 2 is 1.96 bits per heavy atom. The predicted molar refractivity (Wildman–Crippen MR) is 96.9 cm³/mol. The first kappa shape index (κ1) is 16.3. The fourth-order valence-electron chi connectivity index (χ4n) is 4.25. The second-order valence-electron chi connectivity index (χ2n) is 7.35. The number of hydrogen-bond acceptors (Lipinski definition) is 2. The van der Waals surface area contributed by atoms with Crippen molar-refractivity contribution in [2.75, 3.05) is 19.6 Å². The number of benzene rings is 1. The largest absolute Gasteiger partial charge is 0.338 e. The van der Waals surface area contributed by atoms with Gasteiger partial charge in [0, 0.05) is 31.0 Å². The number of quaternary nitrogens is 1. The minimum absolute atomic E-state index is 0.177. The zero-order valence-corrected chi connectivity index (χ0v) is 14.7. The van der Waals surface area contributed by atoms with Crippen molar-refractivity contribution in [2.24, 2.45) is 5.92 Å². The summed E-state index contributed by atoms with van der Waals surface area (Å²) in [6.07, 6.45) is 6.87. The van der Waals surface area contributed by atoms with Crippen LogP contribution in [0.1, 0.15) is 29.5 Å². The van der Waals surface area contributed by atoms with E-state index in [1.807, 2.05) is 12.4 Å². The topological polar surface area (TPSA) is 37.6 Å². The van der Waals surface area contributed by atoms with Gasteiger partial charge in [-0.05, 0) is 42.5 Å². The van der Waals surface area contributed by atoms with Crippen LogP contribution in [0.2, 0.25) is 0 Å². The van der Waals surface area contributed by atoms with Gasteiger partial charge in [-0.25, -0.2) is 0 Å². The number of carbonyl (C=O) groups excluding carboxylic acids is 1. The first-order valence-corrected chi connectivity index (χ1v) is 9.37. The first-order valence-electron chi connectivity index (χ1n) is 9.37. The van der Waals surface area contributed by atoms with Crippen LogP contribution in [0.4, 0.5) is 0 Å². The van der Waals surface area contributed by atoms with E-state index >= 15 is 0 Å². The quantitative estimate of drug-likeness (QED) is 0.921. The summed E-state index contributed by atoms with van der Waals surface area (Å²) in [6.45, 7) is 4.76. The zero-order valence-electron chi connectivity index (χ0n) is 14.7. The molecule has 25 heavy (non-hydrogen) atoms. The van der Waals surface area contributed by atoms with E-state index in [1.54, 1.807) is 0 Å². The van der Waals surface area contributed by atoms with E-state index in [1.165, 1.54) is 21.6 Å². The molecule has 0 spiro atoms. The minimum Gasteiger partial charge on any atom is -0.338 e. The standard InChI is InChI=1S/C21H25N3O/c25-21(24-13-9-18-4-1-2-5-19(18)16-24)20-6-3-12-23(15-20)14-17-7-10-22-11-8-17/h1-2,4-5,7-8,10-11,20H,3,6,9,12-16H2/p+1/t20-/m0/s1. The fraction of sp³-hybridized carbons (Fsp3) is 0.429. The van der Waals surface area contributed by atoms with E-state index in [0.29, 0.717) is 5.91 Å². The lowest BCUT2D eigenvalue weighted by Crippen LogP contribution is -3.12. The molecule has 1 aromatic carbocycles. The SMILES string of the molecule is O=C([C@H]1CCC[NH+](Cc2ccncc2)C1)N1CCc2ccccc2C1. The number of hydrogen-bond donors (Lipinski definition) is 1. The van der Waals surface area contributed by atoms with Gasteiger partial charge >= 0.3 is 0 Å². The summed E-state index contributed by atoms with van der Waals surface area (Å²) in [5.74, 6) is 0.539. The lowest BCUT2D eigenvalue weighted by Gasteiger charge is -2.35. The van der Waals surface area contributed by atoms with Crippen LogP contribution in [0.5, 0.6) is 0 Å². The third-order valence-electron chi connectivity index (χ3n) is 5.61. The molecule has 1 aromatic heterocycles. The van der Waals surface area contributed by atoms with Crippen LogP contribution >= 0.6 is 0 Å². The number of nitrogens with one attached hydrogen (secondary N) is 1. The highest BCUT2D eigenvalue weighted by Crippen LogP contribution is 2.21. The van der Waals surface area contributed by atoms with Crippen LogP contribution in [0, 0.1) is 5.92 Å². The zero-order chi connectivity index (χ0) is 17.1. The Hall–Kier alpha value is -2.20.